The number of allylic oxidation sites excluding steroid dienone is 8. The standard InChI is InChI=1S/C60H109O11P/c1-4-7-10-13-16-19-22-25-27-28-30-33-36-39-42-45-48-51-60(64)71-57(53-67-58(62)49-46-43-40-37-34-31-24-21-18-15-12-9-6-3)55-69-72(65,66)68-54-56(52-61)70-59(63)50-47-44-41-38-35-32-29-26-23-20-17-14-11-8-5-2/h9,12,18,21,31,34,40,43,56-57,61H,4-8,10-11,13-17,19-20,22-30,32-33,35-39,41-42,44-55H2,1-3H3,(H,65,66)/b12-9-,21-18-,34-31-,43-40-. The second-order valence-electron chi connectivity index (χ2n) is 19.8. The zero-order valence-corrected chi connectivity index (χ0v) is 47.3. The van der Waals surface area contributed by atoms with Crippen LogP contribution in [0.3, 0.4) is 0 Å². The molecule has 420 valence electrons. The molecular formula is C60H109O11P. The van der Waals surface area contributed by atoms with Gasteiger partial charge in [0, 0.05) is 19.3 Å². The molecule has 0 aromatic rings. The maximum atomic E-state index is 12.9. The van der Waals surface area contributed by atoms with Gasteiger partial charge >= 0.3 is 25.7 Å². The maximum Gasteiger partial charge on any atom is 0.472 e. The molecule has 3 atom stereocenters. The number of hydrogen-bond donors (Lipinski definition) is 2. The van der Waals surface area contributed by atoms with Crippen LogP contribution in [0.25, 0.3) is 0 Å². The monoisotopic (exact) mass is 1040 g/mol. The summed E-state index contributed by atoms with van der Waals surface area (Å²) in [5.74, 6) is -1.54. The average molecular weight is 1040 g/mol. The van der Waals surface area contributed by atoms with Crippen molar-refractivity contribution in [1.29, 1.82) is 0 Å². The van der Waals surface area contributed by atoms with Gasteiger partial charge in [0.1, 0.15) is 12.7 Å². The number of carbonyl (C=O) groups is 3. The van der Waals surface area contributed by atoms with E-state index in [1.807, 2.05) is 12.2 Å². The summed E-state index contributed by atoms with van der Waals surface area (Å²) < 4.78 is 39.5. The van der Waals surface area contributed by atoms with Crippen LogP contribution in [0, 0.1) is 0 Å². The van der Waals surface area contributed by atoms with Crippen LogP contribution in [0.2, 0.25) is 0 Å². The molecule has 0 rings (SSSR count). The second-order valence-corrected chi connectivity index (χ2v) is 21.2. The maximum absolute atomic E-state index is 12.9. The molecular weight excluding hydrogens is 928 g/mol. The SMILES string of the molecule is CC/C=C\C/C=C\C/C=C\C/C=C\CCC(=O)OCC(COP(=O)(O)OCC(CO)OC(=O)CCCCCCCCCCCCCCCCC)OC(=O)CCCCCCCCCCCCCCCCCCC. The van der Waals surface area contributed by atoms with Gasteiger partial charge in [-0.2, -0.15) is 0 Å². The van der Waals surface area contributed by atoms with Crippen LogP contribution in [0.4, 0.5) is 0 Å². The van der Waals surface area contributed by atoms with E-state index in [0.717, 1.165) is 64.2 Å². The molecule has 0 aromatic heterocycles. The van der Waals surface area contributed by atoms with E-state index in [2.05, 4.69) is 57.2 Å². The van der Waals surface area contributed by atoms with Gasteiger partial charge in [0.15, 0.2) is 6.10 Å². The molecule has 0 fully saturated rings. The number of unbranched alkanes of at least 4 members (excludes halogenated alkanes) is 30. The Morgan fingerprint density at radius 1 is 0.403 bits per heavy atom. The quantitative estimate of drug-likeness (QED) is 0.0197. The Balaban J connectivity index is 4.72. The van der Waals surface area contributed by atoms with Crippen molar-refractivity contribution in [3.63, 3.8) is 0 Å². The van der Waals surface area contributed by atoms with E-state index >= 15 is 0 Å². The molecule has 11 nitrogen and oxygen atoms in total. The lowest BCUT2D eigenvalue weighted by Gasteiger charge is -2.21. The van der Waals surface area contributed by atoms with Gasteiger partial charge in [0.2, 0.25) is 0 Å². The van der Waals surface area contributed by atoms with Crippen molar-refractivity contribution in [3.05, 3.63) is 48.6 Å². The Labute approximate surface area is 441 Å². The smallest absolute Gasteiger partial charge is 0.462 e. The predicted octanol–water partition coefficient (Wildman–Crippen LogP) is 17.4. The molecule has 0 heterocycles. The van der Waals surface area contributed by atoms with Crippen molar-refractivity contribution in [2.75, 3.05) is 26.4 Å². The van der Waals surface area contributed by atoms with Crippen molar-refractivity contribution >= 4 is 25.7 Å². The summed E-state index contributed by atoms with van der Waals surface area (Å²) in [6, 6.07) is 0. The summed E-state index contributed by atoms with van der Waals surface area (Å²) in [5.41, 5.74) is 0. The number of hydrogen-bond acceptors (Lipinski definition) is 10. The molecule has 0 aromatic carbocycles. The molecule has 0 amide bonds. The summed E-state index contributed by atoms with van der Waals surface area (Å²) in [7, 11) is -4.76. The summed E-state index contributed by atoms with van der Waals surface area (Å²) >= 11 is 0. The molecule has 0 bridgehead atoms. The van der Waals surface area contributed by atoms with Gasteiger partial charge in [0.25, 0.3) is 0 Å². The molecule has 12 heteroatoms. The number of aliphatic hydroxyl groups excluding tert-OH is 1. The first-order valence-electron chi connectivity index (χ1n) is 29.5. The molecule has 0 aliphatic carbocycles. The van der Waals surface area contributed by atoms with E-state index in [0.29, 0.717) is 19.3 Å². The minimum Gasteiger partial charge on any atom is -0.462 e. The number of aliphatic hydroxyl groups is 1. The van der Waals surface area contributed by atoms with Gasteiger partial charge in [-0.15, -0.1) is 0 Å². The van der Waals surface area contributed by atoms with E-state index < -0.39 is 57.8 Å². The van der Waals surface area contributed by atoms with E-state index in [-0.39, 0.29) is 25.9 Å². The molecule has 0 aliphatic heterocycles. The van der Waals surface area contributed by atoms with Gasteiger partial charge in [0.05, 0.1) is 19.8 Å². The van der Waals surface area contributed by atoms with Crippen LogP contribution in [0.15, 0.2) is 48.6 Å². The molecule has 2 N–H and O–H groups in total. The van der Waals surface area contributed by atoms with Crippen molar-refractivity contribution < 1.29 is 52.2 Å². The topological polar surface area (TPSA) is 155 Å². The van der Waals surface area contributed by atoms with Crippen LogP contribution in [0.1, 0.15) is 278 Å². The van der Waals surface area contributed by atoms with E-state index in [4.69, 9.17) is 23.3 Å². The van der Waals surface area contributed by atoms with Crippen molar-refractivity contribution in [2.45, 2.75) is 290 Å². The highest BCUT2D eigenvalue weighted by Crippen LogP contribution is 2.43. The van der Waals surface area contributed by atoms with Crippen LogP contribution in [-0.4, -0.2) is 66.5 Å². The van der Waals surface area contributed by atoms with Gasteiger partial charge in [-0.05, 0) is 44.9 Å². The normalized spacial score (nSPS) is 13.7. The highest BCUT2D eigenvalue weighted by atomic mass is 31.2. The number of rotatable bonds is 55. The van der Waals surface area contributed by atoms with Crippen LogP contribution in [-0.2, 0) is 42.2 Å². The lowest BCUT2D eigenvalue weighted by atomic mass is 10.0. The molecule has 3 unspecified atom stereocenters. The lowest BCUT2D eigenvalue weighted by Crippen LogP contribution is -2.30. The summed E-state index contributed by atoms with van der Waals surface area (Å²) in [4.78, 5) is 48.5. The second kappa shape index (κ2) is 54.7. The minimum atomic E-state index is -4.76. The van der Waals surface area contributed by atoms with Crippen LogP contribution >= 0.6 is 7.82 Å². The van der Waals surface area contributed by atoms with Crippen LogP contribution < -0.4 is 0 Å². The summed E-state index contributed by atoms with van der Waals surface area (Å²) in [6.07, 6.45) is 58.0. The molecule has 0 saturated carbocycles. The third-order valence-corrected chi connectivity index (χ3v) is 13.7. The Morgan fingerprint density at radius 3 is 1.08 bits per heavy atom. The first kappa shape index (κ1) is 69.4. The number of phosphoric ester groups is 1. The number of carbonyl (C=O) groups excluding carboxylic acids is 3. The largest absolute Gasteiger partial charge is 0.472 e. The van der Waals surface area contributed by atoms with Gasteiger partial charge in [-0.1, -0.05) is 262 Å². The molecule has 0 radical (unpaired) electrons. The number of esters is 3. The van der Waals surface area contributed by atoms with Crippen molar-refractivity contribution in [1.82, 2.24) is 0 Å². The predicted molar refractivity (Wildman–Crippen MR) is 298 cm³/mol. The number of phosphoric acid groups is 1. The first-order valence-corrected chi connectivity index (χ1v) is 31.0. The Bertz CT molecular complexity index is 1400. The van der Waals surface area contributed by atoms with Crippen molar-refractivity contribution in [3.8, 4) is 0 Å². The van der Waals surface area contributed by atoms with E-state index in [1.165, 1.54) is 154 Å². The van der Waals surface area contributed by atoms with Gasteiger partial charge in [-0.3, -0.25) is 23.4 Å². The number of ether oxygens (including phenoxy) is 3. The minimum absolute atomic E-state index is 0.108. The zero-order valence-electron chi connectivity index (χ0n) is 46.4. The highest BCUT2D eigenvalue weighted by Gasteiger charge is 2.28. The lowest BCUT2D eigenvalue weighted by molar-refractivity contribution is -0.161. The first-order chi connectivity index (χ1) is 35.2. The molecule has 0 saturated heterocycles. The zero-order chi connectivity index (χ0) is 52.7. The molecule has 0 aliphatic rings. The Morgan fingerprint density at radius 2 is 0.722 bits per heavy atom. The highest BCUT2D eigenvalue weighted by molar-refractivity contribution is 7.47. The Kier molecular flexibility index (Phi) is 52.7. The van der Waals surface area contributed by atoms with Crippen molar-refractivity contribution in [2.24, 2.45) is 0 Å². The summed E-state index contributed by atoms with van der Waals surface area (Å²) in [6.45, 7) is 4.49. The fraction of sp³-hybridized carbons (Fsp3) is 0.817. The van der Waals surface area contributed by atoms with E-state index in [1.54, 1.807) is 0 Å². The van der Waals surface area contributed by atoms with E-state index in [9.17, 15) is 28.9 Å². The molecule has 72 heavy (non-hydrogen) atoms. The molecule has 0 spiro atoms. The summed E-state index contributed by atoms with van der Waals surface area (Å²) in [5, 5.41) is 9.82. The third-order valence-electron chi connectivity index (χ3n) is 12.8. The fourth-order valence-electron chi connectivity index (χ4n) is 8.31. The van der Waals surface area contributed by atoms with Gasteiger partial charge < -0.3 is 24.2 Å². The third kappa shape index (κ3) is 52.3. The van der Waals surface area contributed by atoms with Crippen LogP contribution in [0.5, 0.6) is 0 Å². The fourth-order valence-corrected chi connectivity index (χ4v) is 9.10. The Hall–Kier alpha value is -2.56. The van der Waals surface area contributed by atoms with Gasteiger partial charge in [-0.25, -0.2) is 4.57 Å². The average Bonchev–Trinajstić information content (AvgIpc) is 3.37.